The molecule has 36 heavy (non-hydrogen) atoms. The number of benzene rings is 1. The summed E-state index contributed by atoms with van der Waals surface area (Å²) >= 11 is 0. The zero-order chi connectivity index (χ0) is 28.1. The Morgan fingerprint density at radius 3 is 1.58 bits per heavy atom. The zero-order valence-electron chi connectivity index (χ0n) is 25.0. The van der Waals surface area contributed by atoms with E-state index < -0.39 is 27.6 Å². The van der Waals surface area contributed by atoms with Crippen LogP contribution in [0, 0.1) is 22.9 Å². The van der Waals surface area contributed by atoms with E-state index in [9.17, 15) is 4.79 Å². The van der Waals surface area contributed by atoms with Crippen molar-refractivity contribution in [2.45, 2.75) is 122 Å². The molecule has 0 unspecified atom stereocenters. The predicted molar refractivity (Wildman–Crippen MR) is 158 cm³/mol. The third-order valence-electron chi connectivity index (χ3n) is 8.36. The lowest BCUT2D eigenvalue weighted by Gasteiger charge is -2.38. The number of hydrogen-bond acceptors (Lipinski definition) is 2. The maximum absolute atomic E-state index is 17.1. The molecule has 2 nitrogen and oxygen atoms in total. The molecule has 0 N–H and O–H groups in total. The average Bonchev–Trinajstić information content (AvgIpc) is 2.78. The van der Waals surface area contributed by atoms with Crippen LogP contribution in [0.15, 0.2) is 24.3 Å². The van der Waals surface area contributed by atoms with Gasteiger partial charge in [0.25, 0.3) is 11.5 Å². The summed E-state index contributed by atoms with van der Waals surface area (Å²) in [6, 6.07) is 6.66. The first-order valence-corrected chi connectivity index (χ1v) is 18.0. The Morgan fingerprint density at radius 1 is 0.778 bits per heavy atom. The van der Waals surface area contributed by atoms with Crippen LogP contribution in [0.3, 0.4) is 0 Å². The van der Waals surface area contributed by atoms with E-state index in [1.54, 1.807) is 24.3 Å². The van der Waals surface area contributed by atoms with Gasteiger partial charge in [0.1, 0.15) is 21.9 Å². The van der Waals surface area contributed by atoms with Gasteiger partial charge in [0.2, 0.25) is 0 Å². The summed E-state index contributed by atoms with van der Waals surface area (Å²) in [5.41, 5.74) is 6.55. The molecule has 0 fully saturated rings. The van der Waals surface area contributed by atoms with Crippen LogP contribution in [-0.4, -0.2) is 29.0 Å². The van der Waals surface area contributed by atoms with Gasteiger partial charge in [0, 0.05) is 5.56 Å². The molecule has 0 spiro atoms. The molecule has 1 aromatic carbocycles. The lowest BCUT2D eigenvalue weighted by Crippen LogP contribution is -2.44. The van der Waals surface area contributed by atoms with Gasteiger partial charge in [0.05, 0.1) is 7.11 Å². The highest BCUT2D eigenvalue weighted by atomic mass is 28.3. The van der Waals surface area contributed by atoms with E-state index in [2.05, 4.69) is 106 Å². The molecular weight excluding hydrogens is 480 g/mol. The van der Waals surface area contributed by atoms with Gasteiger partial charge in [-0.05, 0) is 51.3 Å². The molecule has 0 bridgehead atoms. The summed E-state index contributed by atoms with van der Waals surface area (Å²) in [4.78, 5) is 13.8. The average molecular weight is 529 g/mol. The zero-order valence-corrected chi connectivity index (χ0v) is 27.0. The van der Waals surface area contributed by atoms with E-state index >= 15 is 4.39 Å². The molecule has 0 aromatic heterocycles. The number of ether oxygens (including phenoxy) is 1. The van der Waals surface area contributed by atoms with Crippen LogP contribution in [0.2, 0.25) is 33.2 Å². The fourth-order valence-corrected chi connectivity index (χ4v) is 16.9. The SMILES string of the molecule is COc1cccc([C@@](F)(C#C[Si](C(C)C)(C(C)C)C(C)C)C(=O)C#C[Si](C(C)C)(C(C)C)C(C)C)c1. The summed E-state index contributed by atoms with van der Waals surface area (Å²) in [5, 5.41) is 0. The van der Waals surface area contributed by atoms with Crippen molar-refractivity contribution in [1.29, 1.82) is 0 Å². The summed E-state index contributed by atoms with van der Waals surface area (Å²) in [6.07, 6.45) is 0. The van der Waals surface area contributed by atoms with Crippen molar-refractivity contribution in [1.82, 2.24) is 0 Å². The van der Waals surface area contributed by atoms with Crippen molar-refractivity contribution in [3.05, 3.63) is 29.8 Å². The summed E-state index contributed by atoms with van der Waals surface area (Å²) < 4.78 is 22.4. The fourth-order valence-electron chi connectivity index (χ4n) is 6.41. The Balaban J connectivity index is 3.94. The number of carbonyl (C=O) groups is 1. The maximum Gasteiger partial charge on any atom is 0.265 e. The van der Waals surface area contributed by atoms with Crippen molar-refractivity contribution in [2.24, 2.45) is 0 Å². The Kier molecular flexibility index (Phi) is 11.3. The van der Waals surface area contributed by atoms with Crippen LogP contribution in [0.25, 0.3) is 0 Å². The molecule has 0 aliphatic carbocycles. The molecule has 200 valence electrons. The van der Waals surface area contributed by atoms with Crippen molar-refractivity contribution in [2.75, 3.05) is 7.11 Å². The van der Waals surface area contributed by atoms with Crippen molar-refractivity contribution >= 4 is 21.9 Å². The first kappa shape index (κ1) is 32.2. The summed E-state index contributed by atoms with van der Waals surface area (Å²) in [5.74, 6) is 5.49. The molecule has 0 amide bonds. The lowest BCUT2D eigenvalue weighted by atomic mass is 9.92. The number of alkyl halides is 1. The van der Waals surface area contributed by atoms with Gasteiger partial charge in [-0.3, -0.25) is 4.79 Å². The molecule has 0 radical (unpaired) electrons. The van der Waals surface area contributed by atoms with Gasteiger partial charge in [-0.1, -0.05) is 101 Å². The van der Waals surface area contributed by atoms with E-state index in [1.807, 2.05) is 0 Å². The maximum atomic E-state index is 17.1. The second-order valence-corrected chi connectivity index (χ2v) is 23.2. The van der Waals surface area contributed by atoms with Crippen LogP contribution < -0.4 is 4.74 Å². The Morgan fingerprint density at radius 2 is 1.19 bits per heavy atom. The second-order valence-electron chi connectivity index (χ2n) is 12.0. The van der Waals surface area contributed by atoms with Gasteiger partial charge < -0.3 is 4.74 Å². The van der Waals surface area contributed by atoms with Crippen molar-refractivity contribution in [3.8, 4) is 28.7 Å². The van der Waals surface area contributed by atoms with E-state index in [0.29, 0.717) is 39.0 Å². The van der Waals surface area contributed by atoms with E-state index in [1.165, 1.54) is 7.11 Å². The minimum absolute atomic E-state index is 0.193. The quantitative estimate of drug-likeness (QED) is 0.236. The monoisotopic (exact) mass is 528 g/mol. The largest absolute Gasteiger partial charge is 0.497 e. The highest BCUT2D eigenvalue weighted by Crippen LogP contribution is 2.42. The Labute approximate surface area is 223 Å². The minimum Gasteiger partial charge on any atom is -0.497 e. The molecule has 0 saturated heterocycles. The molecule has 0 aliphatic heterocycles. The normalized spacial score (nSPS) is 14.1. The minimum atomic E-state index is -2.51. The summed E-state index contributed by atoms with van der Waals surface area (Å²) in [6.45, 7) is 26.2. The number of halogens is 1. The summed E-state index contributed by atoms with van der Waals surface area (Å²) in [7, 11) is -2.95. The third kappa shape index (κ3) is 6.17. The number of hydrogen-bond donors (Lipinski definition) is 0. The number of ketones is 1. The molecule has 1 rings (SSSR count). The smallest absolute Gasteiger partial charge is 0.265 e. The Bertz CT molecular complexity index is 975. The standard InChI is InChI=1S/C31H49FO2Si2/c1-22(2)35(23(3)4,24(5)6)19-17-30(33)31(32,28-15-14-16-29(21-28)34-13)18-20-36(25(7)8,26(9)10)27(11)12/h14-16,21-27H,1-13H3/t31-/m0/s1. The van der Waals surface area contributed by atoms with Crippen LogP contribution >= 0.6 is 0 Å². The number of Topliss-reactive ketones (excluding diaryl/α,β-unsaturated/α-hetero) is 1. The Hall–Kier alpha value is -1.83. The van der Waals surface area contributed by atoms with Crippen LogP contribution in [0.1, 0.15) is 88.6 Å². The van der Waals surface area contributed by atoms with E-state index in [-0.39, 0.29) is 5.56 Å². The van der Waals surface area contributed by atoms with Crippen molar-refractivity contribution < 1.29 is 13.9 Å². The fraction of sp³-hybridized carbons (Fsp3) is 0.645. The molecule has 1 aromatic rings. The lowest BCUT2D eigenvalue weighted by molar-refractivity contribution is -0.121. The second kappa shape index (κ2) is 12.6. The highest BCUT2D eigenvalue weighted by molar-refractivity contribution is 6.91. The molecule has 0 heterocycles. The van der Waals surface area contributed by atoms with Gasteiger partial charge in [-0.2, -0.15) is 0 Å². The van der Waals surface area contributed by atoms with Crippen molar-refractivity contribution in [3.63, 3.8) is 0 Å². The van der Waals surface area contributed by atoms with Gasteiger partial charge in [-0.25, -0.2) is 4.39 Å². The molecule has 0 saturated carbocycles. The number of rotatable bonds is 9. The third-order valence-corrected chi connectivity index (χ3v) is 20.9. The molecule has 0 aliphatic rings. The first-order valence-electron chi connectivity index (χ1n) is 13.5. The van der Waals surface area contributed by atoms with Gasteiger partial charge in [-0.15, -0.1) is 11.1 Å². The van der Waals surface area contributed by atoms with Crippen LogP contribution in [-0.2, 0) is 10.5 Å². The molecular formula is C31H49FO2Si2. The highest BCUT2D eigenvalue weighted by Gasteiger charge is 2.46. The number of methoxy groups -OCH3 is 1. The predicted octanol–water partition coefficient (Wildman–Crippen LogP) is 8.87. The molecule has 1 atom stereocenters. The topological polar surface area (TPSA) is 26.3 Å². The molecule has 5 heteroatoms. The van der Waals surface area contributed by atoms with E-state index in [0.717, 1.165) is 0 Å². The number of carbonyl (C=O) groups excluding carboxylic acids is 1. The van der Waals surface area contributed by atoms with Gasteiger partial charge in [0.15, 0.2) is 0 Å². The van der Waals surface area contributed by atoms with Crippen LogP contribution in [0.4, 0.5) is 4.39 Å². The van der Waals surface area contributed by atoms with Gasteiger partial charge >= 0.3 is 0 Å². The first-order chi connectivity index (χ1) is 16.5. The van der Waals surface area contributed by atoms with Crippen LogP contribution in [0.5, 0.6) is 5.75 Å². The van der Waals surface area contributed by atoms with E-state index in [4.69, 9.17) is 4.74 Å².